The van der Waals surface area contributed by atoms with Gasteiger partial charge >= 0.3 is 0 Å². The molecule has 0 aliphatic heterocycles. The van der Waals surface area contributed by atoms with Crippen LogP contribution >= 0.6 is 22.9 Å². The van der Waals surface area contributed by atoms with Crippen molar-refractivity contribution < 1.29 is 9.53 Å². The molecule has 25 heavy (non-hydrogen) atoms. The molecule has 1 amide bonds. The van der Waals surface area contributed by atoms with Crippen molar-refractivity contribution in [2.45, 2.75) is 19.6 Å². The second-order valence-corrected chi connectivity index (χ2v) is 6.70. The van der Waals surface area contributed by atoms with Gasteiger partial charge in [-0.3, -0.25) is 4.79 Å². The lowest BCUT2D eigenvalue weighted by Gasteiger charge is -2.15. The maximum Gasteiger partial charge on any atom is 0.251 e. The van der Waals surface area contributed by atoms with Crippen LogP contribution in [0.25, 0.3) is 0 Å². The van der Waals surface area contributed by atoms with Gasteiger partial charge in [-0.1, -0.05) is 29.8 Å². The predicted molar refractivity (Wildman–Crippen MR) is 100 cm³/mol. The normalized spacial score (nSPS) is 11.8. The van der Waals surface area contributed by atoms with Crippen LogP contribution in [0.3, 0.4) is 0 Å². The molecule has 1 aromatic heterocycles. The van der Waals surface area contributed by atoms with Crippen molar-refractivity contribution in [1.82, 2.24) is 10.3 Å². The zero-order chi connectivity index (χ0) is 17.6. The third kappa shape index (κ3) is 4.81. The zero-order valence-corrected chi connectivity index (χ0v) is 15.2. The summed E-state index contributed by atoms with van der Waals surface area (Å²) in [5, 5.41) is 5.59. The van der Waals surface area contributed by atoms with E-state index in [4.69, 9.17) is 16.3 Å². The summed E-state index contributed by atoms with van der Waals surface area (Å²) in [4.78, 5) is 16.6. The van der Waals surface area contributed by atoms with Gasteiger partial charge in [0.25, 0.3) is 5.91 Å². The molecule has 128 valence electrons. The Hall–Kier alpha value is -2.37. The molecule has 0 bridgehead atoms. The summed E-state index contributed by atoms with van der Waals surface area (Å²) in [5.41, 5.74) is 4.18. The van der Waals surface area contributed by atoms with Crippen molar-refractivity contribution in [3.8, 4) is 5.75 Å². The fraction of sp³-hybridized carbons (Fsp3) is 0.158. The van der Waals surface area contributed by atoms with Gasteiger partial charge in [0.2, 0.25) is 0 Å². The highest BCUT2D eigenvalue weighted by atomic mass is 35.5. The SMILES string of the molecule is C[C@@H](NC(=O)c1cccc(OCc2cscn2)c1)c1ccc(Cl)cc1. The fourth-order valence-electron chi connectivity index (χ4n) is 2.31. The highest BCUT2D eigenvalue weighted by Gasteiger charge is 2.12. The number of hydrogen-bond donors (Lipinski definition) is 1. The molecule has 1 heterocycles. The van der Waals surface area contributed by atoms with Crippen molar-refractivity contribution in [3.05, 3.63) is 81.3 Å². The average Bonchev–Trinajstić information content (AvgIpc) is 3.14. The zero-order valence-electron chi connectivity index (χ0n) is 13.6. The quantitative estimate of drug-likeness (QED) is 0.671. The minimum absolute atomic E-state index is 0.121. The molecule has 0 aliphatic carbocycles. The number of thiazole rings is 1. The van der Waals surface area contributed by atoms with Gasteiger partial charge in [-0.2, -0.15) is 0 Å². The predicted octanol–water partition coefficient (Wildman–Crippen LogP) is 4.87. The van der Waals surface area contributed by atoms with E-state index in [0.29, 0.717) is 22.9 Å². The van der Waals surface area contributed by atoms with E-state index in [1.807, 2.05) is 42.6 Å². The standard InChI is InChI=1S/C19H17ClN2O2S/c1-13(14-5-7-16(20)8-6-14)22-19(23)15-3-2-4-18(9-15)24-10-17-11-25-12-21-17/h2-9,11-13H,10H2,1H3,(H,22,23)/t13-/m1/s1. The number of ether oxygens (including phenoxy) is 1. The van der Waals surface area contributed by atoms with Gasteiger partial charge in [0.15, 0.2) is 0 Å². The van der Waals surface area contributed by atoms with Gasteiger partial charge in [0.05, 0.1) is 17.2 Å². The van der Waals surface area contributed by atoms with E-state index in [9.17, 15) is 4.79 Å². The largest absolute Gasteiger partial charge is 0.487 e. The highest BCUT2D eigenvalue weighted by molar-refractivity contribution is 7.07. The van der Waals surface area contributed by atoms with Crippen molar-refractivity contribution in [3.63, 3.8) is 0 Å². The van der Waals surface area contributed by atoms with Gasteiger partial charge < -0.3 is 10.1 Å². The highest BCUT2D eigenvalue weighted by Crippen LogP contribution is 2.19. The molecular formula is C19H17ClN2O2S. The Morgan fingerprint density at radius 3 is 2.80 bits per heavy atom. The molecule has 0 saturated carbocycles. The topological polar surface area (TPSA) is 51.2 Å². The molecule has 1 N–H and O–H groups in total. The van der Waals surface area contributed by atoms with Crippen molar-refractivity contribution >= 4 is 28.8 Å². The number of carbonyl (C=O) groups is 1. The first-order valence-corrected chi connectivity index (χ1v) is 9.10. The van der Waals surface area contributed by atoms with Gasteiger partial charge in [-0.15, -0.1) is 11.3 Å². The van der Waals surface area contributed by atoms with Crippen molar-refractivity contribution in [2.75, 3.05) is 0 Å². The first kappa shape index (κ1) is 17.5. The molecule has 0 unspecified atom stereocenters. The lowest BCUT2D eigenvalue weighted by atomic mass is 10.1. The molecule has 4 nitrogen and oxygen atoms in total. The van der Waals surface area contributed by atoms with E-state index in [0.717, 1.165) is 11.3 Å². The third-order valence-electron chi connectivity index (χ3n) is 3.68. The van der Waals surface area contributed by atoms with E-state index in [1.54, 1.807) is 23.7 Å². The summed E-state index contributed by atoms with van der Waals surface area (Å²) in [6, 6.07) is 14.4. The number of benzene rings is 2. The molecule has 3 aromatic rings. The Bertz CT molecular complexity index is 835. The number of carbonyl (C=O) groups excluding carboxylic acids is 1. The average molecular weight is 373 g/mol. The van der Waals surface area contributed by atoms with Crippen LogP contribution in [0.15, 0.2) is 59.4 Å². The number of hydrogen-bond acceptors (Lipinski definition) is 4. The van der Waals surface area contributed by atoms with Crippen LogP contribution in [0, 0.1) is 0 Å². The van der Waals surface area contributed by atoms with E-state index < -0.39 is 0 Å². The molecule has 3 rings (SSSR count). The number of halogens is 1. The van der Waals surface area contributed by atoms with E-state index in [2.05, 4.69) is 10.3 Å². The number of nitrogens with zero attached hydrogens (tertiary/aromatic N) is 1. The third-order valence-corrected chi connectivity index (χ3v) is 4.57. The van der Waals surface area contributed by atoms with E-state index in [-0.39, 0.29) is 11.9 Å². The van der Waals surface area contributed by atoms with Gasteiger partial charge in [0, 0.05) is 16.0 Å². The summed E-state index contributed by atoms with van der Waals surface area (Å²) >= 11 is 7.42. The summed E-state index contributed by atoms with van der Waals surface area (Å²) in [6.07, 6.45) is 0. The Kier molecular flexibility index (Phi) is 5.68. The summed E-state index contributed by atoms with van der Waals surface area (Å²) in [5.74, 6) is 0.487. The Labute approximate surface area is 155 Å². The number of amides is 1. The molecule has 0 saturated heterocycles. The van der Waals surface area contributed by atoms with Crippen molar-refractivity contribution in [1.29, 1.82) is 0 Å². The fourth-order valence-corrected chi connectivity index (χ4v) is 2.98. The lowest BCUT2D eigenvalue weighted by Crippen LogP contribution is -2.26. The van der Waals surface area contributed by atoms with Crippen LogP contribution in [0.1, 0.15) is 34.6 Å². The maximum absolute atomic E-state index is 12.5. The molecule has 6 heteroatoms. The van der Waals surface area contributed by atoms with Crippen LogP contribution in [0.2, 0.25) is 5.02 Å². The Morgan fingerprint density at radius 1 is 1.28 bits per heavy atom. The second-order valence-electron chi connectivity index (χ2n) is 5.54. The van der Waals surface area contributed by atoms with E-state index in [1.165, 1.54) is 11.3 Å². The molecular weight excluding hydrogens is 356 g/mol. The molecule has 2 aromatic carbocycles. The van der Waals surface area contributed by atoms with Crippen LogP contribution in [0.5, 0.6) is 5.75 Å². The monoisotopic (exact) mass is 372 g/mol. The Balaban J connectivity index is 1.63. The lowest BCUT2D eigenvalue weighted by molar-refractivity contribution is 0.0939. The second kappa shape index (κ2) is 8.14. The number of aromatic nitrogens is 1. The molecule has 0 fully saturated rings. The summed E-state index contributed by atoms with van der Waals surface area (Å²) in [6.45, 7) is 2.32. The van der Waals surface area contributed by atoms with Gasteiger partial charge in [-0.05, 0) is 42.8 Å². The first-order valence-electron chi connectivity index (χ1n) is 7.78. The summed E-state index contributed by atoms with van der Waals surface area (Å²) < 4.78 is 5.69. The Morgan fingerprint density at radius 2 is 2.08 bits per heavy atom. The van der Waals surface area contributed by atoms with E-state index >= 15 is 0 Å². The first-order chi connectivity index (χ1) is 12.1. The molecule has 0 aliphatic rings. The summed E-state index contributed by atoms with van der Waals surface area (Å²) in [7, 11) is 0. The van der Waals surface area contributed by atoms with Gasteiger partial charge in [0.1, 0.15) is 12.4 Å². The van der Waals surface area contributed by atoms with Gasteiger partial charge in [-0.25, -0.2) is 4.98 Å². The molecule has 1 atom stereocenters. The smallest absolute Gasteiger partial charge is 0.251 e. The molecule has 0 spiro atoms. The van der Waals surface area contributed by atoms with Crippen LogP contribution in [-0.2, 0) is 6.61 Å². The van der Waals surface area contributed by atoms with Crippen LogP contribution in [0.4, 0.5) is 0 Å². The minimum atomic E-state index is -0.151. The molecule has 0 radical (unpaired) electrons. The van der Waals surface area contributed by atoms with Crippen molar-refractivity contribution in [2.24, 2.45) is 0 Å². The number of nitrogens with one attached hydrogen (secondary N) is 1. The number of rotatable bonds is 6. The minimum Gasteiger partial charge on any atom is -0.487 e. The maximum atomic E-state index is 12.5. The van der Waals surface area contributed by atoms with Crippen LogP contribution < -0.4 is 10.1 Å². The van der Waals surface area contributed by atoms with Crippen LogP contribution in [-0.4, -0.2) is 10.9 Å².